The van der Waals surface area contributed by atoms with Crippen molar-refractivity contribution < 1.29 is 9.90 Å². The second-order valence-electron chi connectivity index (χ2n) is 7.31. The number of aliphatic hydroxyl groups is 1. The second-order valence-corrected chi connectivity index (χ2v) is 7.31. The molecule has 1 saturated heterocycles. The number of rotatable bonds is 4. The Morgan fingerprint density at radius 2 is 2.05 bits per heavy atom. The van der Waals surface area contributed by atoms with Gasteiger partial charge >= 0.3 is 0 Å². The highest BCUT2D eigenvalue weighted by molar-refractivity contribution is 5.83. The van der Waals surface area contributed by atoms with Gasteiger partial charge in [-0.25, -0.2) is 0 Å². The van der Waals surface area contributed by atoms with Gasteiger partial charge in [0.05, 0.1) is 0 Å². The molecule has 2 unspecified atom stereocenters. The first kappa shape index (κ1) is 14.8. The molecule has 0 aromatic rings. The van der Waals surface area contributed by atoms with Gasteiger partial charge in [0.15, 0.2) is 0 Å². The lowest BCUT2D eigenvalue weighted by Gasteiger charge is -2.32. The molecule has 0 radical (unpaired) electrons. The number of amides is 1. The molecule has 110 valence electrons. The molecule has 1 aliphatic carbocycles. The summed E-state index contributed by atoms with van der Waals surface area (Å²) in [5.41, 5.74) is 0.283. The lowest BCUT2D eigenvalue weighted by molar-refractivity contribution is -0.124. The van der Waals surface area contributed by atoms with Crippen molar-refractivity contribution in [2.45, 2.75) is 52.5 Å². The number of carbonyl (C=O) groups excluding carboxylic acids is 1. The number of hydrogen-bond donors (Lipinski definition) is 3. The Morgan fingerprint density at radius 1 is 1.42 bits per heavy atom. The zero-order valence-corrected chi connectivity index (χ0v) is 12.5. The van der Waals surface area contributed by atoms with Gasteiger partial charge in [-0.1, -0.05) is 20.8 Å². The topological polar surface area (TPSA) is 61.4 Å². The van der Waals surface area contributed by atoms with E-state index in [4.69, 9.17) is 5.11 Å². The molecule has 4 heteroatoms. The van der Waals surface area contributed by atoms with Gasteiger partial charge in [0, 0.05) is 18.6 Å². The first-order valence-electron chi connectivity index (χ1n) is 7.51. The molecular formula is C15H28N2O2. The number of nitrogens with one attached hydrogen (secondary N) is 2. The van der Waals surface area contributed by atoms with Gasteiger partial charge in [-0.2, -0.15) is 0 Å². The predicted molar refractivity (Wildman–Crippen MR) is 75.7 cm³/mol. The fourth-order valence-electron chi connectivity index (χ4n) is 3.32. The van der Waals surface area contributed by atoms with Gasteiger partial charge in [-0.05, 0) is 49.6 Å². The van der Waals surface area contributed by atoms with Crippen LogP contribution in [0, 0.1) is 16.7 Å². The summed E-state index contributed by atoms with van der Waals surface area (Å²) in [5.74, 6) is 0.411. The summed E-state index contributed by atoms with van der Waals surface area (Å²) in [4.78, 5) is 12.4. The minimum atomic E-state index is -0.00539. The van der Waals surface area contributed by atoms with E-state index in [2.05, 4.69) is 31.4 Å². The van der Waals surface area contributed by atoms with Crippen LogP contribution in [0.4, 0.5) is 0 Å². The maximum atomic E-state index is 12.4. The minimum Gasteiger partial charge on any atom is -0.396 e. The normalized spacial score (nSPS) is 27.1. The predicted octanol–water partition coefficient (Wildman–Crippen LogP) is 1.29. The van der Waals surface area contributed by atoms with Crippen LogP contribution in [-0.4, -0.2) is 36.8 Å². The van der Waals surface area contributed by atoms with Gasteiger partial charge < -0.3 is 15.7 Å². The van der Waals surface area contributed by atoms with Crippen LogP contribution in [0.25, 0.3) is 0 Å². The van der Waals surface area contributed by atoms with Gasteiger partial charge in [-0.15, -0.1) is 0 Å². The van der Waals surface area contributed by atoms with Crippen molar-refractivity contribution >= 4 is 5.91 Å². The van der Waals surface area contributed by atoms with Crippen molar-refractivity contribution in [3.05, 3.63) is 0 Å². The van der Waals surface area contributed by atoms with E-state index < -0.39 is 0 Å². The number of hydrogen-bond acceptors (Lipinski definition) is 3. The van der Waals surface area contributed by atoms with E-state index in [9.17, 15) is 4.79 Å². The van der Waals surface area contributed by atoms with E-state index in [0.29, 0.717) is 6.42 Å². The summed E-state index contributed by atoms with van der Waals surface area (Å²) in [6, 6.07) is 0.0596. The average Bonchev–Trinajstić information content (AvgIpc) is 3.02. The molecule has 2 fully saturated rings. The van der Waals surface area contributed by atoms with Crippen molar-refractivity contribution in [3.8, 4) is 0 Å². The number of piperidine rings is 1. The molecule has 19 heavy (non-hydrogen) atoms. The monoisotopic (exact) mass is 268 g/mol. The van der Waals surface area contributed by atoms with Gasteiger partial charge in [0.25, 0.3) is 0 Å². The third-order valence-electron chi connectivity index (χ3n) is 4.89. The summed E-state index contributed by atoms with van der Waals surface area (Å²) >= 11 is 0. The molecule has 1 aliphatic heterocycles. The zero-order valence-electron chi connectivity index (χ0n) is 12.5. The molecular weight excluding hydrogens is 240 g/mol. The molecule has 1 heterocycles. The van der Waals surface area contributed by atoms with Crippen LogP contribution in [0.1, 0.15) is 46.5 Å². The molecule has 4 nitrogen and oxygen atoms in total. The summed E-state index contributed by atoms with van der Waals surface area (Å²) in [6.45, 7) is 8.55. The highest BCUT2D eigenvalue weighted by Gasteiger charge is 2.57. The molecule has 0 aromatic carbocycles. The van der Waals surface area contributed by atoms with E-state index in [1.54, 1.807) is 0 Å². The van der Waals surface area contributed by atoms with Crippen molar-refractivity contribution in [1.29, 1.82) is 0 Å². The Balaban J connectivity index is 1.90. The summed E-state index contributed by atoms with van der Waals surface area (Å²) in [5, 5.41) is 15.7. The number of carbonyl (C=O) groups is 1. The van der Waals surface area contributed by atoms with E-state index in [0.717, 1.165) is 32.4 Å². The van der Waals surface area contributed by atoms with E-state index >= 15 is 0 Å². The highest BCUT2D eigenvalue weighted by Crippen LogP contribution is 2.58. The minimum absolute atomic E-state index is 0.00539. The average molecular weight is 268 g/mol. The Bertz CT molecular complexity index is 330. The molecule has 1 amide bonds. The first-order valence-corrected chi connectivity index (χ1v) is 7.51. The zero-order chi connectivity index (χ0) is 14.1. The smallest absolute Gasteiger partial charge is 0.223 e. The lowest BCUT2D eigenvalue weighted by Crippen LogP contribution is -2.45. The Morgan fingerprint density at radius 3 is 2.58 bits per heavy atom. The largest absolute Gasteiger partial charge is 0.396 e. The van der Waals surface area contributed by atoms with Crippen LogP contribution in [0.15, 0.2) is 0 Å². The molecule has 0 aromatic heterocycles. The maximum absolute atomic E-state index is 12.4. The quantitative estimate of drug-likeness (QED) is 0.720. The molecule has 2 rings (SSSR count). The van der Waals surface area contributed by atoms with Crippen LogP contribution in [0.3, 0.4) is 0 Å². The standard InChI is InChI=1S/C15H28N2O2/c1-14(2,3)12(4-9-18)17-13(19)11-10-15(11)5-7-16-8-6-15/h11-12,16,18H,4-10H2,1-3H3,(H,17,19). The molecule has 2 atom stereocenters. The third kappa shape index (κ3) is 3.29. The van der Waals surface area contributed by atoms with Crippen molar-refractivity contribution in [3.63, 3.8) is 0 Å². The van der Waals surface area contributed by atoms with Gasteiger partial charge in [0.1, 0.15) is 0 Å². The lowest BCUT2D eigenvalue weighted by atomic mass is 9.84. The van der Waals surface area contributed by atoms with Crippen molar-refractivity contribution in [2.75, 3.05) is 19.7 Å². The van der Waals surface area contributed by atoms with Crippen molar-refractivity contribution in [2.24, 2.45) is 16.7 Å². The Labute approximate surface area is 116 Å². The van der Waals surface area contributed by atoms with E-state index in [1.807, 2.05) is 0 Å². The molecule has 1 saturated carbocycles. The maximum Gasteiger partial charge on any atom is 0.223 e. The van der Waals surface area contributed by atoms with Gasteiger partial charge in [0.2, 0.25) is 5.91 Å². The number of aliphatic hydroxyl groups excluding tert-OH is 1. The van der Waals surface area contributed by atoms with Crippen LogP contribution in [0.2, 0.25) is 0 Å². The van der Waals surface area contributed by atoms with E-state index in [-0.39, 0.29) is 35.3 Å². The van der Waals surface area contributed by atoms with Crippen LogP contribution >= 0.6 is 0 Å². The fourth-order valence-corrected chi connectivity index (χ4v) is 3.32. The van der Waals surface area contributed by atoms with Crippen LogP contribution in [-0.2, 0) is 4.79 Å². The highest BCUT2D eigenvalue weighted by atomic mass is 16.3. The fraction of sp³-hybridized carbons (Fsp3) is 0.933. The Kier molecular flexibility index (Phi) is 4.21. The molecule has 0 bridgehead atoms. The second kappa shape index (κ2) is 5.41. The summed E-state index contributed by atoms with van der Waals surface area (Å²) in [7, 11) is 0. The van der Waals surface area contributed by atoms with E-state index in [1.165, 1.54) is 0 Å². The molecule has 3 N–H and O–H groups in total. The van der Waals surface area contributed by atoms with Crippen LogP contribution in [0.5, 0.6) is 0 Å². The Hall–Kier alpha value is -0.610. The van der Waals surface area contributed by atoms with Crippen LogP contribution < -0.4 is 10.6 Å². The third-order valence-corrected chi connectivity index (χ3v) is 4.89. The molecule has 1 spiro atoms. The summed E-state index contributed by atoms with van der Waals surface area (Å²) in [6.07, 6.45) is 3.95. The first-order chi connectivity index (χ1) is 8.89. The van der Waals surface area contributed by atoms with Crippen molar-refractivity contribution in [1.82, 2.24) is 10.6 Å². The van der Waals surface area contributed by atoms with Gasteiger partial charge in [-0.3, -0.25) is 4.79 Å². The molecule has 2 aliphatic rings. The summed E-state index contributed by atoms with van der Waals surface area (Å²) < 4.78 is 0. The SMILES string of the molecule is CC(C)(C)C(CCO)NC(=O)C1CC12CCNCC2.